The molecule has 1 aromatic carbocycles. The van der Waals surface area contributed by atoms with Crippen molar-refractivity contribution in [1.82, 2.24) is 25.3 Å². The number of carbonyl (C=O) groups excluding carboxylic acids is 1. The number of halogens is 3. The number of rotatable bonds is 9. The number of ether oxygens (including phenoxy) is 1. The molecule has 1 fully saturated rings. The van der Waals surface area contributed by atoms with Crippen LogP contribution in [0.1, 0.15) is 69.7 Å². The van der Waals surface area contributed by atoms with E-state index in [1.807, 2.05) is 0 Å². The normalized spacial score (nSPS) is 17.0. The Hall–Kier alpha value is -4.53. The first-order valence-electron chi connectivity index (χ1n) is 15.1. The number of nitrogens with zero attached hydrogens (tertiary/aromatic N) is 4. The first-order chi connectivity index (χ1) is 22.1. The highest BCUT2D eigenvalue weighted by atomic mass is 32.2. The molecule has 3 N–H and O–H groups in total. The molecule has 3 heterocycles. The zero-order valence-corrected chi connectivity index (χ0v) is 27.2. The highest BCUT2D eigenvalue weighted by molar-refractivity contribution is 7.91. The van der Waals surface area contributed by atoms with Gasteiger partial charge < -0.3 is 15.4 Å². The van der Waals surface area contributed by atoms with Gasteiger partial charge in [0.15, 0.2) is 0 Å². The Kier molecular flexibility index (Phi) is 9.84. The molecule has 0 bridgehead atoms. The molecule has 1 saturated carbocycles. The molecule has 15 heteroatoms. The number of alkyl carbamates (subject to hydrolysis) is 1. The number of carbonyl (C=O) groups is 1. The van der Waals surface area contributed by atoms with E-state index in [0.29, 0.717) is 42.5 Å². The van der Waals surface area contributed by atoms with Gasteiger partial charge in [-0.05, 0) is 89.3 Å². The van der Waals surface area contributed by atoms with Crippen LogP contribution >= 0.6 is 0 Å². The molecule has 0 unspecified atom stereocenters. The van der Waals surface area contributed by atoms with Gasteiger partial charge in [-0.2, -0.15) is 0 Å². The fourth-order valence-corrected chi connectivity index (χ4v) is 6.48. The van der Waals surface area contributed by atoms with Gasteiger partial charge in [0.2, 0.25) is 16.0 Å². The van der Waals surface area contributed by atoms with Gasteiger partial charge in [-0.15, -0.1) is 0 Å². The van der Waals surface area contributed by atoms with E-state index in [1.165, 1.54) is 42.6 Å². The van der Waals surface area contributed by atoms with E-state index in [-0.39, 0.29) is 51.9 Å². The van der Waals surface area contributed by atoms with Gasteiger partial charge in [0, 0.05) is 28.9 Å². The monoisotopic (exact) mass is 671 g/mol. The van der Waals surface area contributed by atoms with Crippen molar-refractivity contribution in [2.45, 2.75) is 83.2 Å². The first kappa shape index (κ1) is 33.8. The van der Waals surface area contributed by atoms with E-state index < -0.39 is 34.0 Å². The smallest absolute Gasteiger partial charge is 0.407 e. The Balaban J connectivity index is 1.28. The summed E-state index contributed by atoms with van der Waals surface area (Å²) in [5, 5.41) is 6.12. The van der Waals surface area contributed by atoms with Crippen LogP contribution in [-0.4, -0.2) is 52.1 Å². The van der Waals surface area contributed by atoms with Gasteiger partial charge in [-0.1, -0.05) is 12.1 Å². The number of alkyl halides is 2. The zero-order chi connectivity index (χ0) is 33.9. The number of hydrogen-bond acceptors (Lipinski definition) is 9. The largest absolute Gasteiger partial charge is 0.444 e. The van der Waals surface area contributed by atoms with Gasteiger partial charge in [0.05, 0.1) is 17.6 Å². The Bertz CT molecular complexity index is 1860. The van der Waals surface area contributed by atoms with Gasteiger partial charge >= 0.3 is 6.09 Å². The number of aryl methyl sites for hydroxylation is 1. The molecule has 1 aliphatic rings. The van der Waals surface area contributed by atoms with Crippen LogP contribution in [0.25, 0.3) is 22.3 Å². The molecule has 3 aromatic heterocycles. The number of pyridine rings is 2. The maximum atomic E-state index is 14.3. The summed E-state index contributed by atoms with van der Waals surface area (Å²) >= 11 is 0. The third-order valence-electron chi connectivity index (χ3n) is 7.48. The minimum absolute atomic E-state index is 0.00767. The van der Waals surface area contributed by atoms with Crippen LogP contribution in [-0.2, 0) is 20.5 Å². The minimum atomic E-state index is -3.86. The van der Waals surface area contributed by atoms with E-state index >= 15 is 0 Å². The number of aromatic nitrogens is 4. The highest BCUT2D eigenvalue weighted by Gasteiger charge is 2.26. The number of nitrogens with one attached hydrogen (secondary N) is 3. The van der Waals surface area contributed by atoms with Crippen molar-refractivity contribution < 1.29 is 31.1 Å². The van der Waals surface area contributed by atoms with Crippen LogP contribution in [0.15, 0.2) is 48.7 Å². The summed E-state index contributed by atoms with van der Waals surface area (Å²) in [5.74, 6) is -0.620. The molecule has 1 aliphatic carbocycles. The van der Waals surface area contributed by atoms with Crippen LogP contribution in [0.2, 0.25) is 0 Å². The second kappa shape index (κ2) is 13.7. The molecule has 5 rings (SSSR count). The fourth-order valence-electron chi connectivity index (χ4n) is 5.34. The summed E-state index contributed by atoms with van der Waals surface area (Å²) in [7, 11) is -3.86. The molecule has 47 heavy (non-hydrogen) atoms. The Labute approximate surface area is 270 Å². The lowest BCUT2D eigenvalue weighted by Gasteiger charge is -2.30. The lowest BCUT2D eigenvalue weighted by molar-refractivity contribution is 0.0492. The third-order valence-corrected chi connectivity index (χ3v) is 8.72. The van der Waals surface area contributed by atoms with Gasteiger partial charge in [-0.25, -0.2) is 46.3 Å². The molecule has 1 amide bonds. The summed E-state index contributed by atoms with van der Waals surface area (Å²) in [6, 6.07) is 9.29. The van der Waals surface area contributed by atoms with Crippen molar-refractivity contribution in [3.63, 3.8) is 0 Å². The van der Waals surface area contributed by atoms with Crippen molar-refractivity contribution in [1.29, 1.82) is 0 Å². The molecule has 0 saturated heterocycles. The number of anilines is 2. The number of hydrogen-bond donors (Lipinski definition) is 3. The van der Waals surface area contributed by atoms with Crippen LogP contribution in [0.4, 0.5) is 29.7 Å². The van der Waals surface area contributed by atoms with E-state index in [1.54, 1.807) is 33.8 Å². The summed E-state index contributed by atoms with van der Waals surface area (Å²) in [6.07, 6.45) is 0.914. The van der Waals surface area contributed by atoms with E-state index in [0.717, 1.165) is 0 Å². The van der Waals surface area contributed by atoms with Crippen LogP contribution in [0.5, 0.6) is 0 Å². The first-order valence-corrected chi connectivity index (χ1v) is 16.7. The van der Waals surface area contributed by atoms with Crippen LogP contribution < -0.4 is 15.4 Å². The van der Waals surface area contributed by atoms with Crippen molar-refractivity contribution in [3.05, 3.63) is 71.3 Å². The second-order valence-corrected chi connectivity index (χ2v) is 14.2. The molecule has 0 spiro atoms. The quantitative estimate of drug-likeness (QED) is 0.178. The average Bonchev–Trinajstić information content (AvgIpc) is 2.97. The number of benzene rings is 1. The fraction of sp³-hybridized carbons (Fsp3) is 0.406. The molecule has 0 aliphatic heterocycles. The van der Waals surface area contributed by atoms with E-state index in [9.17, 15) is 26.4 Å². The van der Waals surface area contributed by atoms with E-state index in [4.69, 9.17) is 4.74 Å². The second-order valence-electron chi connectivity index (χ2n) is 12.5. The molecule has 0 atom stereocenters. The van der Waals surface area contributed by atoms with Gasteiger partial charge in [-0.3, -0.25) is 4.72 Å². The molecule has 0 radical (unpaired) electrons. The lowest BCUT2D eigenvalue weighted by Crippen LogP contribution is -2.42. The highest BCUT2D eigenvalue weighted by Crippen LogP contribution is 2.32. The Morgan fingerprint density at radius 3 is 2.32 bits per heavy atom. The Morgan fingerprint density at radius 1 is 1.00 bits per heavy atom. The number of sulfonamides is 1. The predicted octanol–water partition coefficient (Wildman–Crippen LogP) is 6.66. The van der Waals surface area contributed by atoms with Crippen molar-refractivity contribution in [2.75, 3.05) is 10.0 Å². The van der Waals surface area contributed by atoms with Gasteiger partial charge in [0.25, 0.3) is 6.43 Å². The standard InChI is InChI=1S/C32H36F3N7O4S/c1-18-23(13-14-27(37-18)42-47(44,45)17-19-5-7-20(33)8-6-19)25-15-24(29(34)35)28-26(40-25)16-36-30(41-28)38-21-9-11-22(12-10-21)39-31(43)46-32(2,3)4/h5-8,13-16,21-22,29H,9-12,17H2,1-4H3,(H,37,42)(H,39,43)(H,36,38,41). The summed E-state index contributed by atoms with van der Waals surface area (Å²) < 4.78 is 74.8. The molecule has 4 aromatic rings. The topological polar surface area (TPSA) is 148 Å². The summed E-state index contributed by atoms with van der Waals surface area (Å²) in [4.78, 5) is 29.6. The molecule has 11 nitrogen and oxygen atoms in total. The number of fused-ring (bicyclic) bond motifs is 1. The molecule has 250 valence electrons. The van der Waals surface area contributed by atoms with Crippen LogP contribution in [0.3, 0.4) is 0 Å². The van der Waals surface area contributed by atoms with E-state index in [2.05, 4.69) is 35.3 Å². The lowest BCUT2D eigenvalue weighted by atomic mass is 9.91. The maximum Gasteiger partial charge on any atom is 0.407 e. The predicted molar refractivity (Wildman–Crippen MR) is 172 cm³/mol. The molecular weight excluding hydrogens is 635 g/mol. The minimum Gasteiger partial charge on any atom is -0.444 e. The summed E-state index contributed by atoms with van der Waals surface area (Å²) in [5.41, 5.74) is 0.647. The van der Waals surface area contributed by atoms with Gasteiger partial charge in [0.1, 0.15) is 28.3 Å². The SMILES string of the molecule is Cc1nc(NS(=O)(=O)Cc2ccc(F)cc2)ccc1-c1cc(C(F)F)c2nc(NC3CCC(NC(=O)OC(C)(C)C)CC3)ncc2n1. The molecular formula is C32H36F3N7O4S. The Morgan fingerprint density at radius 2 is 1.68 bits per heavy atom. The number of amides is 1. The summed E-state index contributed by atoms with van der Waals surface area (Å²) in [6.45, 7) is 7.02. The zero-order valence-electron chi connectivity index (χ0n) is 26.4. The average molecular weight is 672 g/mol. The maximum absolute atomic E-state index is 14.3. The van der Waals surface area contributed by atoms with Crippen molar-refractivity contribution in [2.24, 2.45) is 0 Å². The van der Waals surface area contributed by atoms with Crippen LogP contribution in [0, 0.1) is 12.7 Å². The van der Waals surface area contributed by atoms with Crippen molar-refractivity contribution in [3.8, 4) is 11.3 Å². The third kappa shape index (κ3) is 9.05. The van der Waals surface area contributed by atoms with Crippen molar-refractivity contribution >= 4 is 38.9 Å².